The van der Waals surface area contributed by atoms with E-state index in [0.717, 1.165) is 4.88 Å². The van der Waals surface area contributed by atoms with Crippen LogP contribution in [0, 0.1) is 0 Å². The Bertz CT molecular complexity index is 1130. The number of methoxy groups -OCH3 is 1. The van der Waals surface area contributed by atoms with Crippen LogP contribution in [0.25, 0.3) is 5.76 Å². The van der Waals surface area contributed by atoms with E-state index >= 15 is 0 Å². The molecule has 1 aliphatic heterocycles. The lowest BCUT2D eigenvalue weighted by Crippen LogP contribution is -2.29. The smallest absolute Gasteiger partial charge is 0.296 e. The summed E-state index contributed by atoms with van der Waals surface area (Å²) in [5.74, 6) is -1.33. The molecule has 0 radical (unpaired) electrons. The van der Waals surface area contributed by atoms with Gasteiger partial charge < -0.3 is 14.7 Å². The predicted octanol–water partition coefficient (Wildman–Crippen LogP) is 4.43. The number of hydrogen-bond acceptors (Lipinski definition) is 6. The molecule has 3 aromatic rings. The van der Waals surface area contributed by atoms with Crippen LogP contribution in [0.15, 0.2) is 65.7 Å². The highest BCUT2D eigenvalue weighted by Gasteiger charge is 2.46. The van der Waals surface area contributed by atoms with Crippen molar-refractivity contribution in [1.29, 1.82) is 0 Å². The lowest BCUT2D eigenvalue weighted by Gasteiger charge is -2.23. The summed E-state index contributed by atoms with van der Waals surface area (Å²) in [5.41, 5.74) is 1.02. The molecule has 30 heavy (non-hydrogen) atoms. The number of aliphatic hydroxyl groups excluding tert-OH is 1. The van der Waals surface area contributed by atoms with Crippen molar-refractivity contribution in [3.63, 3.8) is 0 Å². The van der Waals surface area contributed by atoms with Gasteiger partial charge in [0.05, 0.1) is 29.9 Å². The van der Waals surface area contributed by atoms with Crippen LogP contribution in [0.2, 0.25) is 5.02 Å². The second kappa shape index (κ2) is 8.30. The number of benzene rings is 1. The zero-order chi connectivity index (χ0) is 21.3. The Labute approximate surface area is 182 Å². The van der Waals surface area contributed by atoms with Crippen LogP contribution in [0.5, 0.6) is 5.75 Å². The van der Waals surface area contributed by atoms with E-state index < -0.39 is 17.7 Å². The summed E-state index contributed by atoms with van der Waals surface area (Å²) in [4.78, 5) is 32.3. The zero-order valence-corrected chi connectivity index (χ0v) is 17.5. The maximum Gasteiger partial charge on any atom is 0.296 e. The number of nitrogens with zero attached hydrogens (tertiary/aromatic N) is 2. The van der Waals surface area contributed by atoms with Crippen molar-refractivity contribution in [3.05, 3.63) is 86.8 Å². The molecule has 4 rings (SSSR count). The van der Waals surface area contributed by atoms with Crippen LogP contribution < -0.4 is 4.74 Å². The fourth-order valence-electron chi connectivity index (χ4n) is 3.41. The second-order valence-electron chi connectivity index (χ2n) is 6.61. The number of hydrogen-bond donors (Lipinski definition) is 1. The SMILES string of the molecule is COc1cc(/C(O)=C2/C(=O)C(=O)N(Cc3ccccn3)C2c2cccs2)ccc1Cl. The molecule has 0 spiro atoms. The van der Waals surface area contributed by atoms with E-state index in [1.165, 1.54) is 29.4 Å². The van der Waals surface area contributed by atoms with E-state index in [-0.39, 0.29) is 17.9 Å². The number of pyridine rings is 1. The molecule has 1 fully saturated rings. The van der Waals surface area contributed by atoms with Crippen molar-refractivity contribution in [2.45, 2.75) is 12.6 Å². The molecule has 0 aliphatic carbocycles. The molecule has 1 amide bonds. The van der Waals surface area contributed by atoms with Crippen LogP contribution >= 0.6 is 22.9 Å². The summed E-state index contributed by atoms with van der Waals surface area (Å²) < 4.78 is 5.21. The molecule has 1 unspecified atom stereocenters. The van der Waals surface area contributed by atoms with Crippen molar-refractivity contribution in [3.8, 4) is 5.75 Å². The van der Waals surface area contributed by atoms with E-state index in [2.05, 4.69) is 4.98 Å². The molecule has 6 nitrogen and oxygen atoms in total. The molecule has 3 heterocycles. The monoisotopic (exact) mass is 440 g/mol. The number of aromatic nitrogens is 1. The van der Waals surface area contributed by atoms with Gasteiger partial charge in [0.25, 0.3) is 11.7 Å². The van der Waals surface area contributed by atoms with Gasteiger partial charge in [0, 0.05) is 16.6 Å². The Morgan fingerprint density at radius 1 is 1.23 bits per heavy atom. The molecular formula is C22H17ClN2O4S. The van der Waals surface area contributed by atoms with Gasteiger partial charge in [-0.15, -0.1) is 11.3 Å². The first-order chi connectivity index (χ1) is 14.5. The summed E-state index contributed by atoms with van der Waals surface area (Å²) >= 11 is 7.49. The molecule has 1 N–H and O–H groups in total. The van der Waals surface area contributed by atoms with Gasteiger partial charge in [0.2, 0.25) is 0 Å². The predicted molar refractivity (Wildman–Crippen MR) is 114 cm³/mol. The summed E-state index contributed by atoms with van der Waals surface area (Å²) in [6.07, 6.45) is 1.63. The quantitative estimate of drug-likeness (QED) is 0.360. The van der Waals surface area contributed by atoms with Crippen molar-refractivity contribution >= 4 is 40.4 Å². The molecule has 1 aromatic carbocycles. The first-order valence-corrected chi connectivity index (χ1v) is 10.3. The molecule has 8 heteroatoms. The molecule has 1 saturated heterocycles. The molecule has 2 aromatic heterocycles. The van der Waals surface area contributed by atoms with Crippen LogP contribution in [0.3, 0.4) is 0 Å². The van der Waals surface area contributed by atoms with Crippen LogP contribution in [0.1, 0.15) is 22.2 Å². The van der Waals surface area contributed by atoms with Gasteiger partial charge in [-0.3, -0.25) is 14.6 Å². The molecule has 0 bridgehead atoms. The van der Waals surface area contributed by atoms with Crippen molar-refractivity contribution in [2.75, 3.05) is 7.11 Å². The van der Waals surface area contributed by atoms with E-state index in [1.54, 1.807) is 30.5 Å². The Balaban J connectivity index is 1.84. The number of Topliss-reactive ketones (excluding diaryl/α,β-unsaturated/α-hetero) is 1. The number of halogens is 1. The molecule has 1 aliphatic rings. The molecular weight excluding hydrogens is 424 g/mol. The van der Waals surface area contributed by atoms with E-state index in [4.69, 9.17) is 16.3 Å². The number of thiophene rings is 1. The lowest BCUT2D eigenvalue weighted by atomic mass is 9.99. The standard InChI is InChI=1S/C22H17ClN2O4S/c1-29-16-11-13(7-8-15(16)23)20(26)18-19(17-6-4-10-30-17)25(22(28)21(18)27)12-14-5-2-3-9-24-14/h2-11,19,26H,12H2,1H3/b20-18-. The molecule has 0 saturated carbocycles. The van der Waals surface area contributed by atoms with Crippen molar-refractivity contribution in [1.82, 2.24) is 9.88 Å². The van der Waals surface area contributed by atoms with Crippen LogP contribution in [0.4, 0.5) is 0 Å². The average Bonchev–Trinajstić information content (AvgIpc) is 3.37. The number of ketones is 1. The highest BCUT2D eigenvalue weighted by molar-refractivity contribution is 7.10. The number of amides is 1. The molecule has 1 atom stereocenters. The third-order valence-electron chi connectivity index (χ3n) is 4.84. The van der Waals surface area contributed by atoms with Crippen LogP contribution in [-0.2, 0) is 16.1 Å². The largest absolute Gasteiger partial charge is 0.507 e. The Morgan fingerprint density at radius 3 is 2.73 bits per heavy atom. The minimum absolute atomic E-state index is 0.0303. The molecule has 152 valence electrons. The van der Waals surface area contributed by atoms with Gasteiger partial charge in [0.15, 0.2) is 0 Å². The van der Waals surface area contributed by atoms with Gasteiger partial charge in [-0.25, -0.2) is 0 Å². The highest BCUT2D eigenvalue weighted by atomic mass is 35.5. The fraction of sp³-hybridized carbons (Fsp3) is 0.136. The number of ether oxygens (including phenoxy) is 1. The Morgan fingerprint density at radius 2 is 2.07 bits per heavy atom. The summed E-state index contributed by atoms with van der Waals surface area (Å²) in [6.45, 7) is 0.148. The first-order valence-electron chi connectivity index (χ1n) is 9.07. The lowest BCUT2D eigenvalue weighted by molar-refractivity contribution is -0.140. The van der Waals surface area contributed by atoms with Gasteiger partial charge in [0.1, 0.15) is 17.6 Å². The van der Waals surface area contributed by atoms with Crippen molar-refractivity contribution < 1.29 is 19.4 Å². The number of rotatable bonds is 5. The maximum absolute atomic E-state index is 13.0. The van der Waals surface area contributed by atoms with Gasteiger partial charge in [-0.1, -0.05) is 23.7 Å². The van der Waals surface area contributed by atoms with Gasteiger partial charge in [-0.2, -0.15) is 0 Å². The first kappa shape index (κ1) is 20.1. The Hall–Kier alpha value is -3.16. The third kappa shape index (κ3) is 3.58. The number of likely N-dealkylation sites (tertiary alicyclic amines) is 1. The Kier molecular flexibility index (Phi) is 5.57. The van der Waals surface area contributed by atoms with Crippen molar-refractivity contribution in [2.24, 2.45) is 0 Å². The minimum atomic E-state index is -0.740. The number of carbonyl (C=O) groups excluding carboxylic acids is 2. The normalized spacial score (nSPS) is 18.1. The summed E-state index contributed by atoms with van der Waals surface area (Å²) in [7, 11) is 1.46. The zero-order valence-electron chi connectivity index (χ0n) is 15.9. The number of aliphatic hydroxyl groups is 1. The minimum Gasteiger partial charge on any atom is -0.507 e. The van der Waals surface area contributed by atoms with Crippen LogP contribution in [-0.4, -0.2) is 33.8 Å². The van der Waals surface area contributed by atoms with E-state index in [9.17, 15) is 14.7 Å². The summed E-state index contributed by atoms with van der Waals surface area (Å²) in [5, 5.41) is 13.3. The van der Waals surface area contributed by atoms with Gasteiger partial charge in [-0.05, 0) is 41.8 Å². The topological polar surface area (TPSA) is 79.7 Å². The average molecular weight is 441 g/mol. The third-order valence-corrected chi connectivity index (χ3v) is 6.07. The van der Waals surface area contributed by atoms with Gasteiger partial charge >= 0.3 is 0 Å². The number of carbonyl (C=O) groups is 2. The van der Waals surface area contributed by atoms with E-state index in [0.29, 0.717) is 22.0 Å². The van der Waals surface area contributed by atoms with E-state index in [1.807, 2.05) is 23.6 Å². The second-order valence-corrected chi connectivity index (χ2v) is 8.00. The highest BCUT2D eigenvalue weighted by Crippen LogP contribution is 2.42. The fourth-order valence-corrected chi connectivity index (χ4v) is 4.45. The summed E-state index contributed by atoms with van der Waals surface area (Å²) in [6, 6.07) is 13.0. The maximum atomic E-state index is 13.0.